The smallest absolute Gasteiger partial charge is 0.110 e. The molecule has 0 aliphatic rings. The highest BCUT2D eigenvalue weighted by Crippen LogP contribution is 2.27. The quantitative estimate of drug-likeness (QED) is 0.844. The van der Waals surface area contributed by atoms with Gasteiger partial charge in [0.1, 0.15) is 10.9 Å². The summed E-state index contributed by atoms with van der Waals surface area (Å²) in [4.78, 5) is 1.90. The largest absolute Gasteiger partial charge is 0.379 e. The van der Waals surface area contributed by atoms with Crippen LogP contribution in [0.1, 0.15) is 9.75 Å². The lowest BCUT2D eigenvalue weighted by molar-refractivity contribution is 1.19. The van der Waals surface area contributed by atoms with Crippen molar-refractivity contribution in [2.75, 3.05) is 5.32 Å². The maximum atomic E-state index is 8.74. The molecule has 17 heavy (non-hydrogen) atoms. The number of hydrogen-bond donors (Lipinski definition) is 1. The summed E-state index contributed by atoms with van der Waals surface area (Å²) in [5, 5.41) is 12.1. The summed E-state index contributed by atoms with van der Waals surface area (Å²) < 4.78 is 2.06. The molecule has 0 fully saturated rings. The number of anilines is 1. The van der Waals surface area contributed by atoms with Crippen molar-refractivity contribution < 1.29 is 0 Å². The molecule has 1 N–H and O–H groups in total. The Bertz CT molecular complexity index is 572. The molecule has 0 bridgehead atoms. The maximum Gasteiger partial charge on any atom is 0.110 e. The van der Waals surface area contributed by atoms with Gasteiger partial charge in [-0.15, -0.1) is 11.3 Å². The fourth-order valence-electron chi connectivity index (χ4n) is 1.35. The summed E-state index contributed by atoms with van der Waals surface area (Å²) in [7, 11) is 0. The lowest BCUT2D eigenvalue weighted by Crippen LogP contribution is -1.97. The summed E-state index contributed by atoms with van der Waals surface area (Å²) in [6, 6.07) is 12.0. The fourth-order valence-corrected chi connectivity index (χ4v) is 3.28. The molecule has 0 amide bonds. The van der Waals surface area contributed by atoms with Gasteiger partial charge in [0.25, 0.3) is 0 Å². The number of benzene rings is 1. The van der Waals surface area contributed by atoms with E-state index in [-0.39, 0.29) is 0 Å². The predicted molar refractivity (Wildman–Crippen MR) is 78.2 cm³/mol. The van der Waals surface area contributed by atoms with Gasteiger partial charge >= 0.3 is 0 Å². The Morgan fingerprint density at radius 1 is 1.24 bits per heavy atom. The van der Waals surface area contributed by atoms with E-state index in [1.165, 1.54) is 11.3 Å². The van der Waals surface area contributed by atoms with Crippen LogP contribution in [0, 0.1) is 11.3 Å². The van der Waals surface area contributed by atoms with Crippen LogP contribution in [0.5, 0.6) is 0 Å². The van der Waals surface area contributed by atoms with Crippen molar-refractivity contribution in [2.45, 2.75) is 6.54 Å². The first-order valence-electron chi connectivity index (χ1n) is 4.87. The van der Waals surface area contributed by atoms with Gasteiger partial charge in [-0.05, 0) is 46.3 Å². The van der Waals surface area contributed by atoms with Crippen molar-refractivity contribution in [3.05, 3.63) is 49.0 Å². The van der Waals surface area contributed by atoms with Gasteiger partial charge in [0.05, 0.1) is 0 Å². The summed E-state index contributed by atoms with van der Waals surface area (Å²) in [5.74, 6) is 0. The van der Waals surface area contributed by atoms with Gasteiger partial charge in [-0.3, -0.25) is 0 Å². The van der Waals surface area contributed by atoms with E-state index in [0.717, 1.165) is 30.9 Å². The first kappa shape index (κ1) is 12.6. The Kier molecular flexibility index (Phi) is 4.21. The van der Waals surface area contributed by atoms with E-state index < -0.39 is 0 Å². The van der Waals surface area contributed by atoms with E-state index in [9.17, 15) is 0 Å². The second-order valence-corrected chi connectivity index (χ2v) is 6.29. The minimum absolute atomic E-state index is 0.729. The summed E-state index contributed by atoms with van der Waals surface area (Å²) in [5.41, 5.74) is 1.04. The number of nitrogens with zero attached hydrogens (tertiary/aromatic N) is 1. The molecule has 86 valence electrons. The molecule has 0 spiro atoms. The minimum Gasteiger partial charge on any atom is -0.379 e. The zero-order valence-corrected chi connectivity index (χ0v) is 12.7. The molecule has 5 heteroatoms. The molecule has 0 aliphatic carbocycles. The Morgan fingerprint density at radius 2 is 2.06 bits per heavy atom. The van der Waals surface area contributed by atoms with Gasteiger partial charge in [-0.2, -0.15) is 5.26 Å². The fraction of sp³-hybridized carbons (Fsp3) is 0.0833. The van der Waals surface area contributed by atoms with E-state index in [1.54, 1.807) is 0 Å². The van der Waals surface area contributed by atoms with Gasteiger partial charge < -0.3 is 5.32 Å². The number of hydrogen-bond acceptors (Lipinski definition) is 3. The number of rotatable bonds is 3. The van der Waals surface area contributed by atoms with Gasteiger partial charge in [0.15, 0.2) is 0 Å². The molecule has 0 saturated carbocycles. The van der Waals surface area contributed by atoms with E-state index in [0.29, 0.717) is 0 Å². The zero-order valence-electron chi connectivity index (χ0n) is 8.71. The molecular formula is C12H8Br2N2S. The van der Waals surface area contributed by atoms with Crippen LogP contribution < -0.4 is 5.32 Å². The number of nitrogens with one attached hydrogen (secondary N) is 1. The van der Waals surface area contributed by atoms with Crippen molar-refractivity contribution in [1.29, 1.82) is 5.26 Å². The van der Waals surface area contributed by atoms with Gasteiger partial charge in [-0.1, -0.05) is 15.9 Å². The zero-order chi connectivity index (χ0) is 12.3. The normalized spacial score (nSPS) is 9.94. The van der Waals surface area contributed by atoms with Crippen molar-refractivity contribution in [2.24, 2.45) is 0 Å². The monoisotopic (exact) mass is 370 g/mol. The molecule has 0 radical (unpaired) electrons. The summed E-state index contributed by atoms with van der Waals surface area (Å²) >= 11 is 8.42. The topological polar surface area (TPSA) is 35.8 Å². The van der Waals surface area contributed by atoms with E-state index in [2.05, 4.69) is 43.2 Å². The van der Waals surface area contributed by atoms with Gasteiger partial charge in [0.2, 0.25) is 0 Å². The summed E-state index contributed by atoms with van der Waals surface area (Å²) in [6.07, 6.45) is 0. The van der Waals surface area contributed by atoms with Crippen LogP contribution in [0.4, 0.5) is 5.69 Å². The van der Waals surface area contributed by atoms with E-state index in [1.807, 2.05) is 30.3 Å². The Labute approximate surface area is 121 Å². The van der Waals surface area contributed by atoms with Crippen LogP contribution >= 0.6 is 43.2 Å². The standard InChI is InChI=1S/C12H8Br2N2S/c13-8-1-4-12(11(14)5-8)16-7-10-3-2-9(6-15)17-10/h1-5,16H,7H2. The molecule has 2 nitrogen and oxygen atoms in total. The highest BCUT2D eigenvalue weighted by molar-refractivity contribution is 9.11. The third-order valence-electron chi connectivity index (χ3n) is 2.16. The Balaban J connectivity index is 2.05. The molecule has 0 aliphatic heterocycles. The SMILES string of the molecule is N#Cc1ccc(CNc2ccc(Br)cc2Br)s1. The molecule has 0 saturated heterocycles. The van der Waals surface area contributed by atoms with Crippen LogP contribution in [0.2, 0.25) is 0 Å². The Morgan fingerprint density at radius 3 is 2.71 bits per heavy atom. The molecular weight excluding hydrogens is 364 g/mol. The molecule has 1 heterocycles. The van der Waals surface area contributed by atoms with Crippen molar-refractivity contribution in [1.82, 2.24) is 0 Å². The van der Waals surface area contributed by atoms with Gasteiger partial charge in [0, 0.05) is 26.1 Å². The predicted octanol–water partition coefficient (Wildman–Crippen LogP) is 4.76. The molecule has 1 aromatic carbocycles. The highest BCUT2D eigenvalue weighted by atomic mass is 79.9. The van der Waals surface area contributed by atoms with Crippen LogP contribution in [0.25, 0.3) is 0 Å². The average molecular weight is 372 g/mol. The molecule has 0 unspecified atom stereocenters. The molecule has 0 atom stereocenters. The highest BCUT2D eigenvalue weighted by Gasteiger charge is 2.02. The first-order chi connectivity index (χ1) is 8.19. The summed E-state index contributed by atoms with van der Waals surface area (Å²) in [6.45, 7) is 0.729. The van der Waals surface area contributed by atoms with E-state index >= 15 is 0 Å². The van der Waals surface area contributed by atoms with Crippen molar-refractivity contribution in [3.8, 4) is 6.07 Å². The van der Waals surface area contributed by atoms with Gasteiger partial charge in [-0.25, -0.2) is 0 Å². The average Bonchev–Trinajstić information content (AvgIpc) is 2.76. The van der Waals surface area contributed by atoms with Crippen LogP contribution in [-0.4, -0.2) is 0 Å². The van der Waals surface area contributed by atoms with Crippen LogP contribution in [0.3, 0.4) is 0 Å². The third-order valence-corrected chi connectivity index (χ3v) is 4.30. The van der Waals surface area contributed by atoms with Crippen molar-refractivity contribution in [3.63, 3.8) is 0 Å². The number of nitriles is 1. The van der Waals surface area contributed by atoms with Crippen molar-refractivity contribution >= 4 is 48.9 Å². The number of thiophene rings is 1. The van der Waals surface area contributed by atoms with E-state index in [4.69, 9.17) is 5.26 Å². The second kappa shape index (κ2) is 5.67. The maximum absolute atomic E-state index is 8.74. The van der Waals surface area contributed by atoms with Crippen LogP contribution in [0.15, 0.2) is 39.3 Å². The van der Waals surface area contributed by atoms with Crippen LogP contribution in [-0.2, 0) is 6.54 Å². The Hall–Kier alpha value is -0.830. The molecule has 1 aromatic heterocycles. The second-order valence-electron chi connectivity index (χ2n) is 3.36. The minimum atomic E-state index is 0.729. The molecule has 2 rings (SSSR count). The third kappa shape index (κ3) is 3.32. The lowest BCUT2D eigenvalue weighted by Gasteiger charge is -2.07. The molecule has 2 aromatic rings. The first-order valence-corrected chi connectivity index (χ1v) is 7.27. The number of halogens is 2. The lowest BCUT2D eigenvalue weighted by atomic mass is 10.3.